The zero-order valence-electron chi connectivity index (χ0n) is 14.9. The van der Waals surface area contributed by atoms with Gasteiger partial charge in [0.15, 0.2) is 11.5 Å². The number of carbonyl (C=O) groups is 2. The van der Waals surface area contributed by atoms with Crippen molar-refractivity contribution >= 4 is 11.9 Å². The van der Waals surface area contributed by atoms with Crippen molar-refractivity contribution in [3.05, 3.63) is 53.1 Å². The molecule has 0 saturated heterocycles. The van der Waals surface area contributed by atoms with Crippen molar-refractivity contribution in [1.29, 1.82) is 0 Å². The molecule has 2 aromatic carbocycles. The number of rotatable bonds is 8. The smallest absolute Gasteiger partial charge is 0.335 e. The SMILES string of the molecule is COc1cc(CNC(=O)Cc2ccc(C(=O)O)cc2)cc(OC)c1OC. The molecule has 0 unspecified atom stereocenters. The lowest BCUT2D eigenvalue weighted by Gasteiger charge is -2.14. The summed E-state index contributed by atoms with van der Waals surface area (Å²) >= 11 is 0. The summed E-state index contributed by atoms with van der Waals surface area (Å²) in [7, 11) is 4.58. The lowest BCUT2D eigenvalue weighted by atomic mass is 10.1. The summed E-state index contributed by atoms with van der Waals surface area (Å²) in [5.41, 5.74) is 1.72. The summed E-state index contributed by atoms with van der Waals surface area (Å²) in [6.45, 7) is 0.294. The number of carbonyl (C=O) groups excluding carboxylic acids is 1. The van der Waals surface area contributed by atoms with E-state index in [1.807, 2.05) is 0 Å². The van der Waals surface area contributed by atoms with Crippen molar-refractivity contribution in [3.63, 3.8) is 0 Å². The zero-order valence-corrected chi connectivity index (χ0v) is 14.9. The number of nitrogens with one attached hydrogen (secondary N) is 1. The normalized spacial score (nSPS) is 10.1. The summed E-state index contributed by atoms with van der Waals surface area (Å²) in [5, 5.41) is 11.7. The van der Waals surface area contributed by atoms with E-state index in [1.54, 1.807) is 24.3 Å². The fraction of sp³-hybridized carbons (Fsp3) is 0.263. The Hall–Kier alpha value is -3.22. The van der Waals surface area contributed by atoms with Crippen LogP contribution in [0.5, 0.6) is 17.2 Å². The van der Waals surface area contributed by atoms with Crippen LogP contribution in [0.3, 0.4) is 0 Å². The van der Waals surface area contributed by atoms with Crippen LogP contribution in [0.2, 0.25) is 0 Å². The van der Waals surface area contributed by atoms with Gasteiger partial charge in [0.05, 0.1) is 33.3 Å². The number of carboxylic acids is 1. The van der Waals surface area contributed by atoms with Crippen LogP contribution in [0, 0.1) is 0 Å². The molecule has 0 bridgehead atoms. The number of methoxy groups -OCH3 is 3. The lowest BCUT2D eigenvalue weighted by molar-refractivity contribution is -0.120. The second kappa shape index (κ2) is 8.75. The second-order valence-corrected chi connectivity index (χ2v) is 5.49. The third kappa shape index (κ3) is 4.66. The monoisotopic (exact) mass is 359 g/mol. The Balaban J connectivity index is 2.01. The highest BCUT2D eigenvalue weighted by Gasteiger charge is 2.13. The predicted octanol–water partition coefficient (Wildman–Crippen LogP) is 2.27. The summed E-state index contributed by atoms with van der Waals surface area (Å²) < 4.78 is 15.8. The molecular weight excluding hydrogens is 338 g/mol. The van der Waals surface area contributed by atoms with Crippen LogP contribution in [0.15, 0.2) is 36.4 Å². The van der Waals surface area contributed by atoms with Gasteiger partial charge in [-0.2, -0.15) is 0 Å². The van der Waals surface area contributed by atoms with E-state index in [1.165, 1.54) is 33.5 Å². The van der Waals surface area contributed by atoms with Crippen LogP contribution < -0.4 is 19.5 Å². The first-order chi connectivity index (χ1) is 12.5. The molecule has 138 valence electrons. The van der Waals surface area contributed by atoms with Gasteiger partial charge < -0.3 is 24.6 Å². The van der Waals surface area contributed by atoms with E-state index in [9.17, 15) is 9.59 Å². The topological polar surface area (TPSA) is 94.1 Å². The minimum Gasteiger partial charge on any atom is -0.493 e. The van der Waals surface area contributed by atoms with Crippen molar-refractivity contribution in [3.8, 4) is 17.2 Å². The highest BCUT2D eigenvalue weighted by molar-refractivity contribution is 5.87. The van der Waals surface area contributed by atoms with Crippen LogP contribution in [0.25, 0.3) is 0 Å². The van der Waals surface area contributed by atoms with E-state index in [2.05, 4.69) is 5.32 Å². The first-order valence-corrected chi connectivity index (χ1v) is 7.86. The molecule has 2 N–H and O–H groups in total. The number of aromatic carboxylic acids is 1. The molecule has 0 aliphatic rings. The average molecular weight is 359 g/mol. The summed E-state index contributed by atoms with van der Waals surface area (Å²) in [6, 6.07) is 9.74. The summed E-state index contributed by atoms with van der Waals surface area (Å²) in [5.74, 6) is 0.342. The molecule has 0 saturated carbocycles. The van der Waals surface area contributed by atoms with E-state index < -0.39 is 5.97 Å². The first kappa shape index (κ1) is 19.1. The van der Waals surface area contributed by atoms with Crippen LogP contribution in [-0.2, 0) is 17.8 Å². The van der Waals surface area contributed by atoms with Gasteiger partial charge in [0.25, 0.3) is 0 Å². The van der Waals surface area contributed by atoms with E-state index in [4.69, 9.17) is 19.3 Å². The minimum atomic E-state index is -0.997. The molecule has 0 atom stereocenters. The van der Waals surface area contributed by atoms with E-state index in [-0.39, 0.29) is 17.9 Å². The van der Waals surface area contributed by atoms with E-state index >= 15 is 0 Å². The molecule has 2 aromatic rings. The predicted molar refractivity (Wildman–Crippen MR) is 95.1 cm³/mol. The summed E-state index contributed by atoms with van der Waals surface area (Å²) in [6.07, 6.45) is 0.157. The van der Waals surface area contributed by atoms with Crippen molar-refractivity contribution in [2.75, 3.05) is 21.3 Å². The van der Waals surface area contributed by atoms with E-state index in [0.29, 0.717) is 23.8 Å². The molecule has 0 spiro atoms. The van der Waals surface area contributed by atoms with Crippen molar-refractivity contribution in [2.24, 2.45) is 0 Å². The standard InChI is InChI=1S/C19H21NO6/c1-24-15-8-13(9-16(25-2)18(15)26-3)11-20-17(21)10-12-4-6-14(7-5-12)19(22)23/h4-9H,10-11H2,1-3H3,(H,20,21)(H,22,23). The maximum absolute atomic E-state index is 12.1. The molecule has 0 aliphatic heterocycles. The van der Waals surface area contributed by atoms with Gasteiger partial charge >= 0.3 is 5.97 Å². The molecular formula is C19H21NO6. The Kier molecular flexibility index (Phi) is 6.43. The van der Waals surface area contributed by atoms with Gasteiger partial charge in [-0.25, -0.2) is 4.79 Å². The number of carboxylic acid groups (broad SMARTS) is 1. The van der Waals surface area contributed by atoms with E-state index in [0.717, 1.165) is 11.1 Å². The molecule has 2 rings (SSSR count). The van der Waals surface area contributed by atoms with Crippen LogP contribution in [0.1, 0.15) is 21.5 Å². The first-order valence-electron chi connectivity index (χ1n) is 7.86. The lowest BCUT2D eigenvalue weighted by Crippen LogP contribution is -2.24. The summed E-state index contributed by atoms with van der Waals surface area (Å²) in [4.78, 5) is 23.0. The van der Waals surface area contributed by atoms with Crippen LogP contribution in [-0.4, -0.2) is 38.3 Å². The van der Waals surface area contributed by atoms with Crippen LogP contribution in [0.4, 0.5) is 0 Å². The Morgan fingerprint density at radius 2 is 1.50 bits per heavy atom. The molecule has 26 heavy (non-hydrogen) atoms. The average Bonchev–Trinajstić information content (AvgIpc) is 2.65. The number of hydrogen-bond acceptors (Lipinski definition) is 5. The molecule has 0 aromatic heterocycles. The molecule has 7 nitrogen and oxygen atoms in total. The number of ether oxygens (including phenoxy) is 3. The Bertz CT molecular complexity index is 760. The third-order valence-electron chi connectivity index (χ3n) is 3.78. The quantitative estimate of drug-likeness (QED) is 0.751. The Labute approximate surface area is 151 Å². The fourth-order valence-electron chi connectivity index (χ4n) is 2.45. The second-order valence-electron chi connectivity index (χ2n) is 5.49. The molecule has 0 radical (unpaired) electrons. The number of amides is 1. The van der Waals surface area contributed by atoms with Crippen molar-refractivity contribution in [2.45, 2.75) is 13.0 Å². The van der Waals surface area contributed by atoms with Crippen molar-refractivity contribution < 1.29 is 28.9 Å². The number of hydrogen-bond donors (Lipinski definition) is 2. The van der Waals surface area contributed by atoms with Crippen LogP contribution >= 0.6 is 0 Å². The minimum absolute atomic E-state index is 0.157. The maximum Gasteiger partial charge on any atom is 0.335 e. The fourth-order valence-corrected chi connectivity index (χ4v) is 2.45. The largest absolute Gasteiger partial charge is 0.493 e. The van der Waals surface area contributed by atoms with Gasteiger partial charge in [0.1, 0.15) is 0 Å². The molecule has 1 amide bonds. The Morgan fingerprint density at radius 1 is 0.923 bits per heavy atom. The highest BCUT2D eigenvalue weighted by atomic mass is 16.5. The van der Waals surface area contributed by atoms with Gasteiger partial charge in [-0.15, -0.1) is 0 Å². The maximum atomic E-state index is 12.1. The van der Waals surface area contributed by atoms with Gasteiger partial charge in [0.2, 0.25) is 11.7 Å². The van der Waals surface area contributed by atoms with Crippen molar-refractivity contribution in [1.82, 2.24) is 5.32 Å². The number of benzene rings is 2. The highest BCUT2D eigenvalue weighted by Crippen LogP contribution is 2.38. The van der Waals surface area contributed by atoms with Gasteiger partial charge in [-0.1, -0.05) is 12.1 Å². The third-order valence-corrected chi connectivity index (χ3v) is 3.78. The molecule has 0 aliphatic carbocycles. The van der Waals surface area contributed by atoms with Gasteiger partial charge in [-0.3, -0.25) is 4.79 Å². The Morgan fingerprint density at radius 3 is 1.96 bits per heavy atom. The van der Waals surface area contributed by atoms with Gasteiger partial charge in [0, 0.05) is 6.54 Å². The zero-order chi connectivity index (χ0) is 19.1. The van der Waals surface area contributed by atoms with Gasteiger partial charge in [-0.05, 0) is 35.4 Å². The molecule has 7 heteroatoms. The molecule has 0 fully saturated rings. The molecule has 0 heterocycles.